The van der Waals surface area contributed by atoms with Gasteiger partial charge in [0.2, 0.25) is 5.91 Å². The molecule has 0 fully saturated rings. The Balaban J connectivity index is 2.34. The highest BCUT2D eigenvalue weighted by Gasteiger charge is 2.20. The van der Waals surface area contributed by atoms with Crippen LogP contribution in [0.2, 0.25) is 0 Å². The van der Waals surface area contributed by atoms with Crippen molar-refractivity contribution >= 4 is 33.0 Å². The Kier molecular flexibility index (Phi) is 4.84. The van der Waals surface area contributed by atoms with Crippen molar-refractivity contribution in [2.24, 2.45) is 0 Å². The van der Waals surface area contributed by atoms with Crippen molar-refractivity contribution in [1.29, 1.82) is 0 Å². The Labute approximate surface area is 138 Å². The van der Waals surface area contributed by atoms with Crippen LogP contribution in [-0.4, -0.2) is 19.2 Å². The second-order valence-electron chi connectivity index (χ2n) is 5.07. The number of amides is 1. The van der Waals surface area contributed by atoms with Crippen LogP contribution in [0.25, 0.3) is 0 Å². The molecule has 0 aliphatic carbocycles. The monoisotopic (exact) mass is 349 g/mol. The number of anilines is 2. The molecule has 8 nitrogen and oxygen atoms in total. The summed E-state index contributed by atoms with van der Waals surface area (Å²) in [5.74, 6) is -0.288. The zero-order valence-electron chi connectivity index (χ0n) is 12.9. The minimum atomic E-state index is -4.00. The normalized spacial score (nSPS) is 10.9. The standard InChI is InChI=1S/C15H15N3O5S/c1-10-6-7-14(9-15(10)18(20)21)24(22,23)17-13-5-3-4-12(8-13)16-11(2)19/h3-9,17H,1-2H3,(H,16,19). The van der Waals surface area contributed by atoms with Gasteiger partial charge in [0, 0.05) is 24.2 Å². The lowest BCUT2D eigenvalue weighted by Crippen LogP contribution is -2.14. The maximum Gasteiger partial charge on any atom is 0.273 e. The van der Waals surface area contributed by atoms with Gasteiger partial charge < -0.3 is 5.32 Å². The van der Waals surface area contributed by atoms with E-state index in [1.54, 1.807) is 12.1 Å². The average molecular weight is 349 g/mol. The second kappa shape index (κ2) is 6.67. The van der Waals surface area contributed by atoms with Gasteiger partial charge in [-0.25, -0.2) is 8.42 Å². The number of hydrogen-bond donors (Lipinski definition) is 2. The molecule has 9 heteroatoms. The third-order valence-electron chi connectivity index (χ3n) is 3.12. The fourth-order valence-corrected chi connectivity index (χ4v) is 3.10. The number of nitrogens with one attached hydrogen (secondary N) is 2. The van der Waals surface area contributed by atoms with E-state index in [-0.39, 0.29) is 22.2 Å². The number of hydrogen-bond acceptors (Lipinski definition) is 5. The summed E-state index contributed by atoms with van der Waals surface area (Å²) < 4.78 is 27.1. The summed E-state index contributed by atoms with van der Waals surface area (Å²) in [5, 5.41) is 13.5. The van der Waals surface area contributed by atoms with Gasteiger partial charge >= 0.3 is 0 Å². The molecule has 0 saturated carbocycles. The SMILES string of the molecule is CC(=O)Nc1cccc(NS(=O)(=O)c2ccc(C)c([N+](=O)[O-])c2)c1. The van der Waals surface area contributed by atoms with Gasteiger partial charge in [0.05, 0.1) is 15.5 Å². The molecule has 0 aliphatic rings. The van der Waals surface area contributed by atoms with E-state index in [4.69, 9.17) is 0 Å². The number of nitro benzene ring substituents is 1. The first kappa shape index (κ1) is 17.4. The number of benzene rings is 2. The topological polar surface area (TPSA) is 118 Å². The highest BCUT2D eigenvalue weighted by atomic mass is 32.2. The van der Waals surface area contributed by atoms with Crippen LogP contribution in [-0.2, 0) is 14.8 Å². The molecule has 2 aromatic rings. The fourth-order valence-electron chi connectivity index (χ4n) is 2.03. The van der Waals surface area contributed by atoms with Gasteiger partial charge in [-0.3, -0.25) is 19.6 Å². The maximum absolute atomic E-state index is 12.4. The molecule has 0 heterocycles. The molecule has 2 aromatic carbocycles. The molecule has 24 heavy (non-hydrogen) atoms. The summed E-state index contributed by atoms with van der Waals surface area (Å²) in [6.07, 6.45) is 0. The first-order valence-corrected chi connectivity index (χ1v) is 8.33. The van der Waals surface area contributed by atoms with Gasteiger partial charge in [0.15, 0.2) is 0 Å². The van der Waals surface area contributed by atoms with Gasteiger partial charge in [-0.2, -0.15) is 0 Å². The Morgan fingerprint density at radius 3 is 2.42 bits per heavy atom. The molecule has 0 aliphatic heterocycles. The highest BCUT2D eigenvalue weighted by Crippen LogP contribution is 2.24. The van der Waals surface area contributed by atoms with Crippen molar-refractivity contribution in [1.82, 2.24) is 0 Å². The maximum atomic E-state index is 12.4. The van der Waals surface area contributed by atoms with Gasteiger partial charge in [0.25, 0.3) is 15.7 Å². The predicted molar refractivity (Wildman–Crippen MR) is 89.4 cm³/mol. The zero-order valence-corrected chi connectivity index (χ0v) is 13.8. The lowest BCUT2D eigenvalue weighted by atomic mass is 10.2. The van der Waals surface area contributed by atoms with Crippen molar-refractivity contribution in [2.75, 3.05) is 10.0 Å². The van der Waals surface area contributed by atoms with E-state index in [1.807, 2.05) is 0 Å². The number of nitro groups is 1. The summed E-state index contributed by atoms with van der Waals surface area (Å²) in [7, 11) is -4.00. The molecule has 0 bridgehead atoms. The summed E-state index contributed by atoms with van der Waals surface area (Å²) in [6.45, 7) is 2.86. The molecule has 0 unspecified atom stereocenters. The molecule has 0 spiro atoms. The van der Waals surface area contributed by atoms with Crippen molar-refractivity contribution in [3.63, 3.8) is 0 Å². The fraction of sp³-hybridized carbons (Fsp3) is 0.133. The van der Waals surface area contributed by atoms with E-state index in [0.717, 1.165) is 6.07 Å². The molecule has 0 radical (unpaired) electrons. The summed E-state index contributed by atoms with van der Waals surface area (Å²) >= 11 is 0. The quantitative estimate of drug-likeness (QED) is 0.635. The minimum Gasteiger partial charge on any atom is -0.326 e. The number of sulfonamides is 1. The molecule has 2 N–H and O–H groups in total. The first-order chi connectivity index (χ1) is 11.2. The molecule has 0 aromatic heterocycles. The van der Waals surface area contributed by atoms with E-state index >= 15 is 0 Å². The number of nitrogens with zero attached hydrogens (tertiary/aromatic N) is 1. The number of carbonyl (C=O) groups is 1. The first-order valence-electron chi connectivity index (χ1n) is 6.84. The van der Waals surface area contributed by atoms with Crippen LogP contribution in [0.1, 0.15) is 12.5 Å². The predicted octanol–water partition coefficient (Wildman–Crippen LogP) is 2.66. The molecular formula is C15H15N3O5S. The summed E-state index contributed by atoms with van der Waals surface area (Å²) in [4.78, 5) is 21.2. The number of rotatable bonds is 5. The Bertz CT molecular complexity index is 909. The lowest BCUT2D eigenvalue weighted by molar-refractivity contribution is -0.385. The molecule has 0 atom stereocenters. The molecule has 0 saturated heterocycles. The largest absolute Gasteiger partial charge is 0.326 e. The van der Waals surface area contributed by atoms with Crippen LogP contribution in [0.3, 0.4) is 0 Å². The van der Waals surface area contributed by atoms with Gasteiger partial charge in [-0.1, -0.05) is 12.1 Å². The van der Waals surface area contributed by atoms with Crippen molar-refractivity contribution in [2.45, 2.75) is 18.7 Å². The van der Waals surface area contributed by atoms with Crippen LogP contribution >= 0.6 is 0 Å². The third kappa shape index (κ3) is 4.07. The molecule has 2 rings (SSSR count). The summed E-state index contributed by atoms with van der Waals surface area (Å²) in [5.41, 5.74) is 0.749. The van der Waals surface area contributed by atoms with E-state index in [2.05, 4.69) is 10.0 Å². The molecule has 126 valence electrons. The van der Waals surface area contributed by atoms with Crippen molar-refractivity contribution < 1.29 is 18.1 Å². The second-order valence-corrected chi connectivity index (χ2v) is 6.76. The van der Waals surface area contributed by atoms with Gasteiger partial charge in [0.1, 0.15) is 0 Å². The zero-order chi connectivity index (χ0) is 17.9. The van der Waals surface area contributed by atoms with Crippen LogP contribution < -0.4 is 10.0 Å². The van der Waals surface area contributed by atoms with E-state index < -0.39 is 14.9 Å². The molecule has 1 amide bonds. The number of carbonyl (C=O) groups excluding carboxylic acids is 1. The highest BCUT2D eigenvalue weighted by molar-refractivity contribution is 7.92. The van der Waals surface area contributed by atoms with Gasteiger partial charge in [-0.15, -0.1) is 0 Å². The van der Waals surface area contributed by atoms with Crippen LogP contribution in [0.4, 0.5) is 17.1 Å². The summed E-state index contributed by atoms with van der Waals surface area (Å²) in [6, 6.07) is 9.81. The van der Waals surface area contributed by atoms with Crippen LogP contribution in [0.5, 0.6) is 0 Å². The van der Waals surface area contributed by atoms with Crippen LogP contribution in [0.15, 0.2) is 47.4 Å². The van der Waals surface area contributed by atoms with Crippen molar-refractivity contribution in [3.8, 4) is 0 Å². The average Bonchev–Trinajstić information content (AvgIpc) is 2.46. The molecular weight excluding hydrogens is 334 g/mol. The van der Waals surface area contributed by atoms with Crippen LogP contribution in [0, 0.1) is 17.0 Å². The van der Waals surface area contributed by atoms with Crippen molar-refractivity contribution in [3.05, 3.63) is 58.1 Å². The Hall–Kier alpha value is -2.94. The third-order valence-corrected chi connectivity index (χ3v) is 4.50. The van der Waals surface area contributed by atoms with Gasteiger partial charge in [-0.05, 0) is 31.2 Å². The Morgan fingerprint density at radius 1 is 1.12 bits per heavy atom. The minimum absolute atomic E-state index is 0.218. The van der Waals surface area contributed by atoms with E-state index in [1.165, 1.54) is 38.1 Å². The smallest absolute Gasteiger partial charge is 0.273 e. The van der Waals surface area contributed by atoms with E-state index in [9.17, 15) is 23.3 Å². The Morgan fingerprint density at radius 2 is 1.79 bits per heavy atom. The van der Waals surface area contributed by atoms with E-state index in [0.29, 0.717) is 11.3 Å². The lowest BCUT2D eigenvalue weighted by Gasteiger charge is -2.10. The number of aryl methyl sites for hydroxylation is 1.